The molecule has 0 aliphatic rings. The summed E-state index contributed by atoms with van der Waals surface area (Å²) in [5.41, 5.74) is 6.64. The van der Waals surface area contributed by atoms with Gasteiger partial charge in [-0.2, -0.15) is 0 Å². The first-order valence-electron chi connectivity index (χ1n) is 7.95. The van der Waals surface area contributed by atoms with Gasteiger partial charge in [0, 0.05) is 22.5 Å². The predicted molar refractivity (Wildman–Crippen MR) is 104 cm³/mol. The van der Waals surface area contributed by atoms with Crippen LogP contribution in [0.3, 0.4) is 0 Å². The number of benzene rings is 2. The summed E-state index contributed by atoms with van der Waals surface area (Å²) in [6.07, 6.45) is 0. The summed E-state index contributed by atoms with van der Waals surface area (Å²) in [5, 5.41) is 4.63. The van der Waals surface area contributed by atoms with E-state index in [1.165, 1.54) is 11.1 Å². The van der Waals surface area contributed by atoms with E-state index in [1.807, 2.05) is 26.0 Å². The molecule has 4 heteroatoms. The maximum atomic E-state index is 5.63. The van der Waals surface area contributed by atoms with Crippen LogP contribution in [-0.4, -0.2) is 11.6 Å². The van der Waals surface area contributed by atoms with Crippen molar-refractivity contribution >= 4 is 34.7 Å². The molecule has 2 aromatic carbocycles. The van der Waals surface area contributed by atoms with Crippen LogP contribution >= 0.6 is 12.4 Å². The Morgan fingerprint density at radius 2 is 1.75 bits per heavy atom. The minimum atomic E-state index is 0. The summed E-state index contributed by atoms with van der Waals surface area (Å²) in [6.45, 7) is 8.90. The number of hydrogen-bond donors (Lipinski definition) is 1. The fourth-order valence-corrected chi connectivity index (χ4v) is 2.80. The van der Waals surface area contributed by atoms with Crippen LogP contribution < -0.4 is 10.1 Å². The summed E-state index contributed by atoms with van der Waals surface area (Å²) < 4.78 is 5.63. The molecule has 126 valence electrons. The topological polar surface area (TPSA) is 34.1 Å². The summed E-state index contributed by atoms with van der Waals surface area (Å²) in [5.74, 6) is 0.870. The lowest BCUT2D eigenvalue weighted by atomic mass is 10.1. The van der Waals surface area contributed by atoms with Crippen LogP contribution in [-0.2, 0) is 0 Å². The molecule has 0 radical (unpaired) electrons. The molecule has 3 nitrogen and oxygen atoms in total. The molecule has 0 fully saturated rings. The van der Waals surface area contributed by atoms with E-state index in [0.29, 0.717) is 6.61 Å². The van der Waals surface area contributed by atoms with Gasteiger partial charge in [0.1, 0.15) is 5.75 Å². The smallest absolute Gasteiger partial charge is 0.120 e. The normalized spacial score (nSPS) is 10.3. The zero-order valence-electron chi connectivity index (χ0n) is 14.5. The van der Waals surface area contributed by atoms with E-state index >= 15 is 0 Å². The van der Waals surface area contributed by atoms with Crippen molar-refractivity contribution in [2.75, 3.05) is 11.9 Å². The van der Waals surface area contributed by atoms with E-state index in [2.05, 4.69) is 54.5 Å². The molecule has 0 spiro atoms. The average Bonchev–Trinajstić information content (AvgIpc) is 2.51. The van der Waals surface area contributed by atoms with Crippen LogP contribution in [0.5, 0.6) is 5.75 Å². The lowest BCUT2D eigenvalue weighted by Gasteiger charge is -2.14. The molecule has 1 aromatic heterocycles. The molecule has 0 bridgehead atoms. The Bertz CT molecular complexity index is 862. The van der Waals surface area contributed by atoms with Gasteiger partial charge in [-0.1, -0.05) is 17.7 Å². The standard InChI is InChI=1S/C20H22N2O.ClH/c1-5-23-16-7-9-19-17(12-16)20(11-15(4)21-19)22-18-8-6-13(2)10-14(18)3;/h6-12H,5H2,1-4H3,(H,21,22);1H. The molecule has 1 N–H and O–H groups in total. The third-order valence-electron chi connectivity index (χ3n) is 3.87. The first-order chi connectivity index (χ1) is 11.1. The number of rotatable bonds is 4. The second kappa shape index (κ2) is 7.54. The maximum absolute atomic E-state index is 5.63. The first-order valence-corrected chi connectivity index (χ1v) is 7.95. The van der Waals surface area contributed by atoms with Gasteiger partial charge in [0.2, 0.25) is 0 Å². The molecule has 0 atom stereocenters. The van der Waals surface area contributed by atoms with Crippen LogP contribution in [0.1, 0.15) is 23.7 Å². The van der Waals surface area contributed by atoms with Crippen molar-refractivity contribution in [3.8, 4) is 5.75 Å². The highest BCUT2D eigenvalue weighted by molar-refractivity contribution is 5.94. The number of pyridine rings is 1. The quantitative estimate of drug-likeness (QED) is 0.658. The zero-order chi connectivity index (χ0) is 16.4. The van der Waals surface area contributed by atoms with Crippen molar-refractivity contribution in [1.82, 2.24) is 4.98 Å². The van der Waals surface area contributed by atoms with Crippen LogP contribution in [0.25, 0.3) is 10.9 Å². The van der Waals surface area contributed by atoms with Gasteiger partial charge in [-0.15, -0.1) is 12.4 Å². The van der Waals surface area contributed by atoms with E-state index in [9.17, 15) is 0 Å². The van der Waals surface area contributed by atoms with Gasteiger partial charge in [0.25, 0.3) is 0 Å². The number of anilines is 2. The lowest BCUT2D eigenvalue weighted by molar-refractivity contribution is 0.340. The third-order valence-corrected chi connectivity index (χ3v) is 3.87. The number of aryl methyl sites for hydroxylation is 3. The number of halogens is 1. The highest BCUT2D eigenvalue weighted by Gasteiger charge is 2.08. The molecule has 24 heavy (non-hydrogen) atoms. The molecule has 0 saturated carbocycles. The van der Waals surface area contributed by atoms with Crippen molar-refractivity contribution in [3.05, 3.63) is 59.3 Å². The number of nitrogens with one attached hydrogen (secondary N) is 1. The Labute approximate surface area is 149 Å². The van der Waals surface area contributed by atoms with Crippen LogP contribution in [0.2, 0.25) is 0 Å². The van der Waals surface area contributed by atoms with E-state index in [0.717, 1.165) is 33.7 Å². The van der Waals surface area contributed by atoms with Gasteiger partial charge in [0.15, 0.2) is 0 Å². The van der Waals surface area contributed by atoms with Crippen molar-refractivity contribution in [1.29, 1.82) is 0 Å². The number of fused-ring (bicyclic) bond motifs is 1. The van der Waals surface area contributed by atoms with E-state index in [-0.39, 0.29) is 12.4 Å². The minimum Gasteiger partial charge on any atom is -0.494 e. The number of hydrogen-bond acceptors (Lipinski definition) is 3. The SMILES string of the molecule is CCOc1ccc2nc(C)cc(Nc3ccc(C)cc3C)c2c1.Cl. The third kappa shape index (κ3) is 3.80. The monoisotopic (exact) mass is 342 g/mol. The molecule has 3 aromatic rings. The molecule has 0 saturated heterocycles. The summed E-state index contributed by atoms with van der Waals surface area (Å²) in [4.78, 5) is 4.62. The van der Waals surface area contributed by atoms with Gasteiger partial charge in [0.05, 0.1) is 12.1 Å². The number of nitrogens with zero attached hydrogens (tertiary/aromatic N) is 1. The molecule has 1 heterocycles. The molecule has 0 unspecified atom stereocenters. The number of ether oxygens (including phenoxy) is 1. The van der Waals surface area contributed by atoms with Crippen molar-refractivity contribution < 1.29 is 4.74 Å². The fraction of sp³-hybridized carbons (Fsp3) is 0.250. The largest absolute Gasteiger partial charge is 0.494 e. The van der Waals surface area contributed by atoms with Crippen molar-refractivity contribution in [2.45, 2.75) is 27.7 Å². The highest BCUT2D eigenvalue weighted by atomic mass is 35.5. The van der Waals surface area contributed by atoms with Gasteiger partial charge in [-0.05, 0) is 63.6 Å². The average molecular weight is 343 g/mol. The van der Waals surface area contributed by atoms with Gasteiger partial charge in [-0.25, -0.2) is 0 Å². The number of aromatic nitrogens is 1. The van der Waals surface area contributed by atoms with E-state index in [1.54, 1.807) is 0 Å². The fourth-order valence-electron chi connectivity index (χ4n) is 2.80. The maximum Gasteiger partial charge on any atom is 0.120 e. The van der Waals surface area contributed by atoms with Gasteiger partial charge >= 0.3 is 0 Å². The van der Waals surface area contributed by atoms with Crippen LogP contribution in [0, 0.1) is 20.8 Å². The zero-order valence-corrected chi connectivity index (χ0v) is 15.3. The molecule has 3 rings (SSSR count). The minimum absolute atomic E-state index is 0. The van der Waals surface area contributed by atoms with E-state index < -0.39 is 0 Å². The second-order valence-electron chi connectivity index (χ2n) is 5.87. The Morgan fingerprint density at radius 3 is 2.46 bits per heavy atom. The predicted octanol–water partition coefficient (Wildman–Crippen LogP) is 5.72. The van der Waals surface area contributed by atoms with Crippen molar-refractivity contribution in [2.24, 2.45) is 0 Å². The first kappa shape index (κ1) is 18.1. The second-order valence-corrected chi connectivity index (χ2v) is 5.87. The van der Waals surface area contributed by atoms with Crippen molar-refractivity contribution in [3.63, 3.8) is 0 Å². The molecule has 0 aliphatic carbocycles. The van der Waals surface area contributed by atoms with E-state index in [4.69, 9.17) is 4.74 Å². The lowest BCUT2D eigenvalue weighted by Crippen LogP contribution is -1.98. The molecule has 0 aliphatic heterocycles. The van der Waals surface area contributed by atoms with Crippen LogP contribution in [0.15, 0.2) is 42.5 Å². The van der Waals surface area contributed by atoms with Crippen LogP contribution in [0.4, 0.5) is 11.4 Å². The Morgan fingerprint density at radius 1 is 0.958 bits per heavy atom. The molecule has 0 amide bonds. The summed E-state index contributed by atoms with van der Waals surface area (Å²) in [6, 6.07) is 14.5. The highest BCUT2D eigenvalue weighted by Crippen LogP contribution is 2.30. The summed E-state index contributed by atoms with van der Waals surface area (Å²) >= 11 is 0. The molecular formula is C20H23ClN2O. The van der Waals surface area contributed by atoms with Gasteiger partial charge in [-0.3, -0.25) is 4.98 Å². The Kier molecular flexibility index (Phi) is 5.68. The summed E-state index contributed by atoms with van der Waals surface area (Å²) in [7, 11) is 0. The van der Waals surface area contributed by atoms with Gasteiger partial charge < -0.3 is 10.1 Å². The Hall–Kier alpha value is -2.26. The molecular weight excluding hydrogens is 320 g/mol. The Balaban J connectivity index is 0.00000208.